The van der Waals surface area contributed by atoms with Crippen LogP contribution in [0.2, 0.25) is 0 Å². The molecule has 7 nitrogen and oxygen atoms in total. The minimum absolute atomic E-state index is 0.0961. The Balaban J connectivity index is 1.69. The third kappa shape index (κ3) is 3.24. The van der Waals surface area contributed by atoms with Crippen molar-refractivity contribution in [2.45, 2.75) is 6.42 Å². The molecule has 1 heterocycles. The lowest BCUT2D eigenvalue weighted by Crippen LogP contribution is -2.28. The van der Waals surface area contributed by atoms with E-state index in [1.54, 1.807) is 11.0 Å². The van der Waals surface area contributed by atoms with Gasteiger partial charge in [0.25, 0.3) is 5.69 Å². The predicted molar refractivity (Wildman–Crippen MR) is 88.6 cm³/mol. The third-order valence-corrected chi connectivity index (χ3v) is 3.89. The number of amides is 2. The van der Waals surface area contributed by atoms with E-state index in [0.717, 1.165) is 5.69 Å². The molecule has 0 unspecified atom stereocenters. The van der Waals surface area contributed by atoms with Crippen LogP contribution in [0.25, 0.3) is 0 Å². The molecule has 122 valence electrons. The second-order valence-electron chi connectivity index (χ2n) is 5.54. The molecule has 0 saturated carbocycles. The maximum absolute atomic E-state index is 12.4. The first kappa shape index (κ1) is 15.7. The van der Waals surface area contributed by atoms with Crippen LogP contribution in [0.1, 0.15) is 6.42 Å². The number of hydrogen-bond acceptors (Lipinski definition) is 4. The summed E-state index contributed by atoms with van der Waals surface area (Å²) in [5.41, 5.74) is 1.01. The van der Waals surface area contributed by atoms with Crippen molar-refractivity contribution in [2.24, 2.45) is 5.92 Å². The number of rotatable bonds is 4. The van der Waals surface area contributed by atoms with Crippen LogP contribution in [0.3, 0.4) is 0 Å². The van der Waals surface area contributed by atoms with Crippen LogP contribution in [0.15, 0.2) is 54.6 Å². The SMILES string of the molecule is O=C(Nc1cccc([N+](=O)[O-])c1)[C@@H]1CC(=O)N(c2ccccc2)C1. The maximum atomic E-state index is 12.4. The van der Waals surface area contributed by atoms with Gasteiger partial charge in [-0.2, -0.15) is 0 Å². The van der Waals surface area contributed by atoms with Gasteiger partial charge in [-0.25, -0.2) is 0 Å². The quantitative estimate of drug-likeness (QED) is 0.690. The van der Waals surface area contributed by atoms with E-state index < -0.39 is 10.8 Å². The first-order valence-electron chi connectivity index (χ1n) is 7.45. The summed E-state index contributed by atoms with van der Waals surface area (Å²) in [6.07, 6.45) is 0.121. The number of carbonyl (C=O) groups excluding carboxylic acids is 2. The molecule has 0 spiro atoms. The average Bonchev–Trinajstić information content (AvgIpc) is 2.98. The molecule has 2 aromatic carbocycles. The largest absolute Gasteiger partial charge is 0.326 e. The maximum Gasteiger partial charge on any atom is 0.271 e. The van der Waals surface area contributed by atoms with Gasteiger partial charge in [-0.15, -0.1) is 0 Å². The number of hydrogen-bond donors (Lipinski definition) is 1. The third-order valence-electron chi connectivity index (χ3n) is 3.89. The van der Waals surface area contributed by atoms with Gasteiger partial charge >= 0.3 is 0 Å². The lowest BCUT2D eigenvalue weighted by Gasteiger charge is -2.16. The smallest absolute Gasteiger partial charge is 0.271 e. The molecule has 3 rings (SSSR count). The van der Waals surface area contributed by atoms with Gasteiger partial charge in [0.1, 0.15) is 0 Å². The monoisotopic (exact) mass is 325 g/mol. The lowest BCUT2D eigenvalue weighted by molar-refractivity contribution is -0.384. The highest BCUT2D eigenvalue weighted by molar-refractivity contribution is 6.03. The minimum atomic E-state index is -0.522. The molecule has 0 bridgehead atoms. The highest BCUT2D eigenvalue weighted by Crippen LogP contribution is 2.26. The van der Waals surface area contributed by atoms with E-state index in [0.29, 0.717) is 12.2 Å². The molecular formula is C17H15N3O4. The summed E-state index contributed by atoms with van der Waals surface area (Å²) >= 11 is 0. The molecule has 7 heteroatoms. The first-order valence-corrected chi connectivity index (χ1v) is 7.45. The van der Waals surface area contributed by atoms with E-state index in [9.17, 15) is 19.7 Å². The van der Waals surface area contributed by atoms with Crippen LogP contribution in [-0.4, -0.2) is 23.3 Å². The molecule has 1 aliphatic heterocycles. The van der Waals surface area contributed by atoms with Crippen LogP contribution in [0, 0.1) is 16.0 Å². The predicted octanol–water partition coefficient (Wildman–Crippen LogP) is 2.59. The molecular weight excluding hydrogens is 310 g/mol. The fraction of sp³-hybridized carbons (Fsp3) is 0.176. The van der Waals surface area contributed by atoms with Crippen molar-refractivity contribution >= 4 is 28.9 Å². The summed E-state index contributed by atoms with van der Waals surface area (Å²) in [5, 5.41) is 13.4. The summed E-state index contributed by atoms with van der Waals surface area (Å²) in [6.45, 7) is 0.295. The lowest BCUT2D eigenvalue weighted by atomic mass is 10.1. The minimum Gasteiger partial charge on any atom is -0.326 e. The second-order valence-corrected chi connectivity index (χ2v) is 5.54. The Bertz CT molecular complexity index is 791. The Morgan fingerprint density at radius 2 is 1.92 bits per heavy atom. The van der Waals surface area contributed by atoms with E-state index in [4.69, 9.17) is 0 Å². The Hall–Kier alpha value is -3.22. The molecule has 0 aromatic heterocycles. The number of nitrogens with one attached hydrogen (secondary N) is 1. The van der Waals surface area contributed by atoms with Gasteiger partial charge < -0.3 is 10.2 Å². The van der Waals surface area contributed by atoms with Crippen molar-refractivity contribution in [1.82, 2.24) is 0 Å². The van der Waals surface area contributed by atoms with E-state index >= 15 is 0 Å². The van der Waals surface area contributed by atoms with Gasteiger partial charge in [0, 0.05) is 36.5 Å². The fourth-order valence-electron chi connectivity index (χ4n) is 2.68. The van der Waals surface area contributed by atoms with Gasteiger partial charge in [0.05, 0.1) is 10.8 Å². The van der Waals surface area contributed by atoms with Gasteiger partial charge in [-0.1, -0.05) is 24.3 Å². The van der Waals surface area contributed by atoms with Crippen molar-refractivity contribution in [1.29, 1.82) is 0 Å². The number of non-ortho nitro benzene ring substituents is 1. The molecule has 0 aliphatic carbocycles. The van der Waals surface area contributed by atoms with E-state index in [2.05, 4.69) is 5.32 Å². The average molecular weight is 325 g/mol. The molecule has 0 radical (unpaired) electrons. The number of carbonyl (C=O) groups is 2. The summed E-state index contributed by atoms with van der Waals surface area (Å²) < 4.78 is 0. The Labute approximate surface area is 138 Å². The standard InChI is InChI=1S/C17H15N3O4/c21-16-9-12(11-19(16)14-6-2-1-3-7-14)17(22)18-13-5-4-8-15(10-13)20(23)24/h1-8,10,12H,9,11H2,(H,18,22)/t12-/m1/s1. The summed E-state index contributed by atoms with van der Waals surface area (Å²) in [5.74, 6) is -0.917. The molecule has 2 amide bonds. The molecule has 1 atom stereocenters. The number of nitrogens with zero attached hydrogens (tertiary/aromatic N) is 2. The number of nitro groups is 1. The zero-order valence-electron chi connectivity index (χ0n) is 12.7. The topological polar surface area (TPSA) is 92.5 Å². The summed E-state index contributed by atoms with van der Waals surface area (Å²) in [7, 11) is 0. The van der Waals surface area contributed by atoms with Gasteiger partial charge in [-0.3, -0.25) is 19.7 Å². The van der Waals surface area contributed by atoms with Crippen LogP contribution in [0.5, 0.6) is 0 Å². The summed E-state index contributed by atoms with van der Waals surface area (Å²) in [4.78, 5) is 36.3. The normalized spacial score (nSPS) is 16.9. The highest BCUT2D eigenvalue weighted by Gasteiger charge is 2.35. The van der Waals surface area contributed by atoms with Crippen LogP contribution >= 0.6 is 0 Å². The van der Waals surface area contributed by atoms with Gasteiger partial charge in [0.15, 0.2) is 0 Å². The molecule has 1 saturated heterocycles. The Morgan fingerprint density at radius 1 is 1.17 bits per heavy atom. The fourth-order valence-corrected chi connectivity index (χ4v) is 2.68. The molecule has 2 aromatic rings. The molecule has 1 fully saturated rings. The van der Waals surface area contributed by atoms with E-state index in [-0.39, 0.29) is 23.9 Å². The zero-order chi connectivity index (χ0) is 17.1. The van der Waals surface area contributed by atoms with E-state index in [1.807, 2.05) is 30.3 Å². The first-order chi connectivity index (χ1) is 11.5. The number of anilines is 2. The van der Waals surface area contributed by atoms with Crippen molar-refractivity contribution in [3.05, 3.63) is 64.7 Å². The molecule has 1 N–H and O–H groups in total. The Kier molecular flexibility index (Phi) is 4.24. The van der Waals surface area contributed by atoms with E-state index in [1.165, 1.54) is 18.2 Å². The second kappa shape index (κ2) is 6.49. The van der Waals surface area contributed by atoms with Crippen molar-refractivity contribution in [3.63, 3.8) is 0 Å². The Morgan fingerprint density at radius 3 is 2.62 bits per heavy atom. The number of nitro benzene ring substituents is 1. The van der Waals surface area contributed by atoms with Gasteiger partial charge in [-0.05, 0) is 18.2 Å². The van der Waals surface area contributed by atoms with Crippen molar-refractivity contribution in [2.75, 3.05) is 16.8 Å². The zero-order valence-corrected chi connectivity index (χ0v) is 12.7. The number of benzene rings is 2. The number of para-hydroxylation sites is 1. The molecule has 24 heavy (non-hydrogen) atoms. The van der Waals surface area contributed by atoms with Crippen molar-refractivity contribution < 1.29 is 14.5 Å². The van der Waals surface area contributed by atoms with Gasteiger partial charge in [0.2, 0.25) is 11.8 Å². The van der Waals surface area contributed by atoms with Crippen LogP contribution in [-0.2, 0) is 9.59 Å². The highest BCUT2D eigenvalue weighted by atomic mass is 16.6. The summed E-state index contributed by atoms with van der Waals surface area (Å²) in [6, 6.07) is 14.9. The van der Waals surface area contributed by atoms with Crippen molar-refractivity contribution in [3.8, 4) is 0 Å². The van der Waals surface area contributed by atoms with Crippen LogP contribution in [0.4, 0.5) is 17.1 Å². The molecule has 1 aliphatic rings. The van der Waals surface area contributed by atoms with Crippen LogP contribution < -0.4 is 10.2 Å².